The Labute approximate surface area is 121 Å². The molecule has 0 unspecified atom stereocenters. The van der Waals surface area contributed by atoms with E-state index in [4.69, 9.17) is 0 Å². The molecule has 0 atom stereocenters. The maximum atomic E-state index is 4.62. The fraction of sp³-hybridized carbons (Fsp3) is 0.471. The Balaban J connectivity index is 1.88. The van der Waals surface area contributed by atoms with Gasteiger partial charge in [0, 0.05) is 23.8 Å². The van der Waals surface area contributed by atoms with Crippen LogP contribution in [0.4, 0.5) is 0 Å². The Morgan fingerprint density at radius 1 is 1.35 bits per heavy atom. The number of hydrogen-bond donors (Lipinski definition) is 1. The third kappa shape index (κ3) is 2.93. The summed E-state index contributed by atoms with van der Waals surface area (Å²) >= 11 is 0. The summed E-state index contributed by atoms with van der Waals surface area (Å²) in [5.74, 6) is 0. The Hall–Kier alpha value is -1.61. The van der Waals surface area contributed by atoms with Gasteiger partial charge in [-0.05, 0) is 43.9 Å². The van der Waals surface area contributed by atoms with Gasteiger partial charge in [0.1, 0.15) is 0 Å². The van der Waals surface area contributed by atoms with Crippen LogP contribution in [0, 0.1) is 6.92 Å². The second-order valence-electron chi connectivity index (χ2n) is 5.77. The van der Waals surface area contributed by atoms with Crippen LogP contribution in [0.3, 0.4) is 0 Å². The zero-order valence-electron chi connectivity index (χ0n) is 12.4. The second-order valence-corrected chi connectivity index (χ2v) is 5.77. The Morgan fingerprint density at radius 2 is 2.20 bits per heavy atom. The van der Waals surface area contributed by atoms with Gasteiger partial charge in [0.25, 0.3) is 0 Å². The summed E-state index contributed by atoms with van der Waals surface area (Å²) in [6.45, 7) is 5.31. The van der Waals surface area contributed by atoms with Crippen LogP contribution in [0.25, 0.3) is 5.69 Å². The predicted molar refractivity (Wildman–Crippen MR) is 82.2 cm³/mol. The molecule has 1 fully saturated rings. The van der Waals surface area contributed by atoms with Gasteiger partial charge in [-0.2, -0.15) is 5.10 Å². The van der Waals surface area contributed by atoms with Crippen LogP contribution in [0.5, 0.6) is 0 Å². The monoisotopic (exact) mass is 269 g/mol. The minimum Gasteiger partial charge on any atom is -0.310 e. The van der Waals surface area contributed by atoms with E-state index in [1.165, 1.54) is 35.3 Å². The summed E-state index contributed by atoms with van der Waals surface area (Å²) in [6, 6.07) is 9.31. The van der Waals surface area contributed by atoms with Crippen molar-refractivity contribution in [1.82, 2.24) is 15.1 Å². The average Bonchev–Trinajstić information content (AvgIpc) is 3.19. The number of hydrogen-bond acceptors (Lipinski definition) is 2. The number of rotatable bonds is 6. The number of nitrogens with one attached hydrogen (secondary N) is 1. The van der Waals surface area contributed by atoms with Gasteiger partial charge in [-0.3, -0.25) is 0 Å². The molecule has 2 aromatic rings. The summed E-state index contributed by atoms with van der Waals surface area (Å²) in [7, 11) is 0. The maximum absolute atomic E-state index is 4.62. The lowest BCUT2D eigenvalue weighted by molar-refractivity contribution is 0.676. The maximum Gasteiger partial charge on any atom is 0.0651 e. The summed E-state index contributed by atoms with van der Waals surface area (Å²) in [5.41, 5.74) is 5.15. The van der Waals surface area contributed by atoms with Crippen molar-refractivity contribution >= 4 is 0 Å². The number of aromatic nitrogens is 2. The molecule has 0 saturated heterocycles. The lowest BCUT2D eigenvalue weighted by Gasteiger charge is -2.10. The molecule has 0 bridgehead atoms. The van der Waals surface area contributed by atoms with Gasteiger partial charge in [0.15, 0.2) is 0 Å². The molecule has 0 aliphatic heterocycles. The number of aryl methyl sites for hydroxylation is 1. The van der Waals surface area contributed by atoms with E-state index in [1.54, 1.807) is 0 Å². The molecule has 1 heterocycles. The molecule has 0 amide bonds. The minimum absolute atomic E-state index is 0.742. The number of nitrogens with zero attached hydrogens (tertiary/aromatic N) is 2. The molecule has 0 spiro atoms. The highest BCUT2D eigenvalue weighted by Crippen LogP contribution is 2.22. The van der Waals surface area contributed by atoms with Crippen molar-refractivity contribution in [2.45, 2.75) is 52.1 Å². The van der Waals surface area contributed by atoms with Crippen molar-refractivity contribution < 1.29 is 0 Å². The zero-order valence-corrected chi connectivity index (χ0v) is 12.4. The van der Waals surface area contributed by atoms with Crippen molar-refractivity contribution in [3.8, 4) is 5.69 Å². The summed E-state index contributed by atoms with van der Waals surface area (Å²) in [6.07, 6.45) is 6.91. The normalized spacial score (nSPS) is 14.7. The molecular weight excluding hydrogens is 246 g/mol. The molecule has 3 nitrogen and oxygen atoms in total. The topological polar surface area (TPSA) is 29.9 Å². The molecule has 106 valence electrons. The van der Waals surface area contributed by atoms with Gasteiger partial charge < -0.3 is 5.32 Å². The first-order valence-corrected chi connectivity index (χ1v) is 7.64. The van der Waals surface area contributed by atoms with Crippen LogP contribution >= 0.6 is 0 Å². The molecule has 1 aromatic carbocycles. The van der Waals surface area contributed by atoms with Crippen LogP contribution in [-0.4, -0.2) is 15.8 Å². The molecule has 20 heavy (non-hydrogen) atoms. The van der Waals surface area contributed by atoms with Gasteiger partial charge >= 0.3 is 0 Å². The van der Waals surface area contributed by atoms with Gasteiger partial charge in [-0.15, -0.1) is 0 Å². The quantitative estimate of drug-likeness (QED) is 0.871. The Morgan fingerprint density at radius 3 is 2.90 bits per heavy atom. The van der Waals surface area contributed by atoms with Crippen molar-refractivity contribution in [2.24, 2.45) is 0 Å². The molecule has 1 aliphatic rings. The number of benzene rings is 1. The first kappa shape index (κ1) is 13.4. The van der Waals surface area contributed by atoms with Crippen LogP contribution in [0.1, 0.15) is 43.0 Å². The fourth-order valence-electron chi connectivity index (χ4n) is 2.58. The molecule has 1 N–H and O–H groups in total. The van der Waals surface area contributed by atoms with Gasteiger partial charge in [0.05, 0.1) is 11.9 Å². The van der Waals surface area contributed by atoms with Crippen LogP contribution in [0.2, 0.25) is 0 Å². The SMILES string of the molecule is CCCc1c(CNC2CC2)cnn1-c1cccc(C)c1. The van der Waals surface area contributed by atoms with Crippen LogP contribution in [-0.2, 0) is 13.0 Å². The van der Waals surface area contributed by atoms with E-state index in [0.29, 0.717) is 0 Å². The van der Waals surface area contributed by atoms with Crippen molar-refractivity contribution in [3.05, 3.63) is 47.3 Å². The van der Waals surface area contributed by atoms with E-state index in [2.05, 4.69) is 53.2 Å². The van der Waals surface area contributed by atoms with E-state index in [1.807, 2.05) is 6.20 Å². The van der Waals surface area contributed by atoms with E-state index in [0.717, 1.165) is 25.4 Å². The highest BCUT2D eigenvalue weighted by atomic mass is 15.3. The third-order valence-electron chi connectivity index (χ3n) is 3.85. The Bertz CT molecular complexity index is 582. The lowest BCUT2D eigenvalue weighted by Crippen LogP contribution is -2.16. The molecule has 3 rings (SSSR count). The average molecular weight is 269 g/mol. The van der Waals surface area contributed by atoms with E-state index in [9.17, 15) is 0 Å². The van der Waals surface area contributed by atoms with Gasteiger partial charge in [-0.25, -0.2) is 4.68 Å². The Kier molecular flexibility index (Phi) is 3.88. The zero-order chi connectivity index (χ0) is 13.9. The lowest BCUT2D eigenvalue weighted by atomic mass is 10.1. The fourth-order valence-corrected chi connectivity index (χ4v) is 2.58. The smallest absolute Gasteiger partial charge is 0.0651 e. The summed E-state index contributed by atoms with van der Waals surface area (Å²) < 4.78 is 2.11. The molecule has 0 radical (unpaired) electrons. The van der Waals surface area contributed by atoms with E-state index < -0.39 is 0 Å². The van der Waals surface area contributed by atoms with E-state index >= 15 is 0 Å². The highest BCUT2D eigenvalue weighted by Gasteiger charge is 2.21. The van der Waals surface area contributed by atoms with Crippen LogP contribution < -0.4 is 5.32 Å². The second kappa shape index (κ2) is 5.80. The minimum atomic E-state index is 0.742. The van der Waals surface area contributed by atoms with Gasteiger partial charge in [-0.1, -0.05) is 25.5 Å². The van der Waals surface area contributed by atoms with Crippen LogP contribution in [0.15, 0.2) is 30.5 Å². The highest BCUT2D eigenvalue weighted by molar-refractivity contribution is 5.38. The van der Waals surface area contributed by atoms with Gasteiger partial charge in [0.2, 0.25) is 0 Å². The van der Waals surface area contributed by atoms with Crippen molar-refractivity contribution in [2.75, 3.05) is 0 Å². The molecule has 1 aliphatic carbocycles. The third-order valence-corrected chi connectivity index (χ3v) is 3.85. The largest absolute Gasteiger partial charge is 0.310 e. The summed E-state index contributed by atoms with van der Waals surface area (Å²) in [5, 5.41) is 8.22. The summed E-state index contributed by atoms with van der Waals surface area (Å²) in [4.78, 5) is 0. The van der Waals surface area contributed by atoms with Crippen molar-refractivity contribution in [1.29, 1.82) is 0 Å². The molecular formula is C17H23N3. The first-order chi connectivity index (χ1) is 9.78. The predicted octanol–water partition coefficient (Wildman–Crippen LogP) is 3.39. The molecule has 3 heteroatoms. The van der Waals surface area contributed by atoms with Crippen molar-refractivity contribution in [3.63, 3.8) is 0 Å². The first-order valence-electron chi connectivity index (χ1n) is 7.64. The van der Waals surface area contributed by atoms with E-state index in [-0.39, 0.29) is 0 Å². The standard InChI is InChI=1S/C17H23N3/c1-3-5-17-14(11-18-15-8-9-15)12-19-20(17)16-7-4-6-13(2)10-16/h4,6-7,10,12,15,18H,3,5,8-9,11H2,1-2H3. The molecule has 1 aromatic heterocycles. The molecule has 1 saturated carbocycles.